The first kappa shape index (κ1) is 22.9. The number of amides is 2. The second kappa shape index (κ2) is 9.79. The van der Waals surface area contributed by atoms with E-state index in [2.05, 4.69) is 77.9 Å². The first-order valence-corrected chi connectivity index (χ1v) is 13.3. The Labute approximate surface area is 206 Å². The third-order valence-electron chi connectivity index (χ3n) is 7.16. The lowest BCUT2D eigenvalue weighted by Crippen LogP contribution is -2.29. The molecule has 1 saturated heterocycles. The van der Waals surface area contributed by atoms with Crippen LogP contribution in [0, 0.1) is 0 Å². The van der Waals surface area contributed by atoms with Crippen LogP contribution in [-0.4, -0.2) is 24.1 Å². The number of hydrogen-bond donors (Lipinski definition) is 2. The van der Waals surface area contributed by atoms with Gasteiger partial charge in [0.25, 0.3) is 0 Å². The summed E-state index contributed by atoms with van der Waals surface area (Å²) >= 11 is 1.47. The van der Waals surface area contributed by atoms with Gasteiger partial charge in [0.1, 0.15) is 0 Å². The summed E-state index contributed by atoms with van der Waals surface area (Å²) < 4.78 is 0. The highest BCUT2D eigenvalue weighted by atomic mass is 32.1. The molecule has 5 rings (SSSR count). The quantitative estimate of drug-likeness (QED) is 0.403. The fourth-order valence-electron chi connectivity index (χ4n) is 4.66. The van der Waals surface area contributed by atoms with Crippen molar-refractivity contribution in [3.8, 4) is 0 Å². The molecule has 2 N–H and O–H groups in total. The number of rotatable bonds is 7. The maximum Gasteiger partial charge on any atom is 0.321 e. The molecule has 6 heteroatoms. The molecule has 3 aromatic rings. The fourth-order valence-corrected chi connectivity index (χ4v) is 5.53. The molecule has 2 amide bonds. The number of carbonyl (C=O) groups is 1. The van der Waals surface area contributed by atoms with Crippen molar-refractivity contribution in [2.45, 2.75) is 63.8 Å². The second-order valence-electron chi connectivity index (χ2n) is 10.1. The summed E-state index contributed by atoms with van der Waals surface area (Å²) in [5.41, 5.74) is 5.80. The van der Waals surface area contributed by atoms with Gasteiger partial charge >= 0.3 is 6.03 Å². The lowest BCUT2D eigenvalue weighted by atomic mass is 9.81. The van der Waals surface area contributed by atoms with Crippen molar-refractivity contribution in [1.82, 2.24) is 10.3 Å². The molecule has 2 aromatic carbocycles. The molecule has 0 radical (unpaired) electrons. The molecule has 1 aliphatic carbocycles. The molecular weight excluding hydrogens is 440 g/mol. The summed E-state index contributed by atoms with van der Waals surface area (Å²) in [6.07, 6.45) is 6.50. The van der Waals surface area contributed by atoms with E-state index >= 15 is 0 Å². The first-order chi connectivity index (χ1) is 16.5. The van der Waals surface area contributed by atoms with Crippen LogP contribution < -0.4 is 15.5 Å². The lowest BCUT2D eigenvalue weighted by molar-refractivity contribution is 0.251. The maximum atomic E-state index is 12.5. The monoisotopic (exact) mass is 474 g/mol. The van der Waals surface area contributed by atoms with Gasteiger partial charge in [0.2, 0.25) is 0 Å². The van der Waals surface area contributed by atoms with Crippen LogP contribution in [-0.2, 0) is 12.0 Å². The van der Waals surface area contributed by atoms with Gasteiger partial charge in [-0.1, -0.05) is 50.2 Å². The summed E-state index contributed by atoms with van der Waals surface area (Å²) in [5, 5.41) is 8.52. The number of aromatic nitrogens is 1. The second-order valence-corrected chi connectivity index (χ2v) is 10.9. The van der Waals surface area contributed by atoms with Crippen LogP contribution in [0.1, 0.15) is 74.3 Å². The van der Waals surface area contributed by atoms with Gasteiger partial charge in [-0.25, -0.2) is 9.78 Å². The van der Waals surface area contributed by atoms with Gasteiger partial charge in [0.15, 0.2) is 5.13 Å². The van der Waals surface area contributed by atoms with Crippen molar-refractivity contribution < 1.29 is 4.79 Å². The van der Waals surface area contributed by atoms with Gasteiger partial charge in [0.05, 0.1) is 5.69 Å². The van der Waals surface area contributed by atoms with E-state index in [4.69, 9.17) is 4.98 Å². The Bertz CT molecular complexity index is 1110. The van der Waals surface area contributed by atoms with Crippen LogP contribution >= 0.6 is 11.3 Å². The number of nitrogens with zero attached hydrogens (tertiary/aromatic N) is 2. The van der Waals surface area contributed by atoms with Crippen molar-refractivity contribution in [1.29, 1.82) is 0 Å². The van der Waals surface area contributed by atoms with Crippen molar-refractivity contribution in [3.05, 3.63) is 76.3 Å². The predicted molar refractivity (Wildman–Crippen MR) is 141 cm³/mol. The summed E-state index contributed by atoms with van der Waals surface area (Å²) in [6.45, 7) is 7.14. The Hall–Kier alpha value is -2.86. The zero-order valence-corrected chi connectivity index (χ0v) is 21.0. The predicted octanol–water partition coefficient (Wildman–Crippen LogP) is 6.66. The van der Waals surface area contributed by atoms with Gasteiger partial charge < -0.3 is 10.2 Å². The van der Waals surface area contributed by atoms with Crippen LogP contribution in [0.4, 0.5) is 15.6 Å². The van der Waals surface area contributed by atoms with Crippen LogP contribution in [0.15, 0.2) is 53.9 Å². The molecule has 0 unspecified atom stereocenters. The topological polar surface area (TPSA) is 57.3 Å². The van der Waals surface area contributed by atoms with Crippen LogP contribution in [0.25, 0.3) is 0 Å². The molecule has 2 aliphatic rings. The Morgan fingerprint density at radius 2 is 1.74 bits per heavy atom. The van der Waals surface area contributed by atoms with Gasteiger partial charge in [-0.05, 0) is 66.8 Å². The minimum Gasteiger partial charge on any atom is -0.372 e. The lowest BCUT2D eigenvalue weighted by Gasteiger charge is -2.28. The van der Waals surface area contributed by atoms with E-state index in [1.807, 2.05) is 5.38 Å². The normalized spacial score (nSPS) is 16.4. The minimum absolute atomic E-state index is 0.217. The molecule has 1 aliphatic heterocycles. The van der Waals surface area contributed by atoms with Crippen molar-refractivity contribution in [3.63, 3.8) is 0 Å². The summed E-state index contributed by atoms with van der Waals surface area (Å²) in [7, 11) is 0. The van der Waals surface area contributed by atoms with E-state index in [0.717, 1.165) is 30.3 Å². The molecular formula is C28H34N4OS. The van der Waals surface area contributed by atoms with E-state index in [1.165, 1.54) is 60.3 Å². The van der Waals surface area contributed by atoms with Gasteiger partial charge in [-0.15, -0.1) is 11.3 Å². The number of hydrogen-bond acceptors (Lipinski definition) is 4. The Balaban J connectivity index is 1.14. The van der Waals surface area contributed by atoms with Crippen LogP contribution in [0.3, 0.4) is 0 Å². The third kappa shape index (κ3) is 5.27. The maximum absolute atomic E-state index is 12.5. The number of piperidine rings is 1. The molecule has 5 nitrogen and oxygen atoms in total. The Kier molecular flexibility index (Phi) is 6.59. The Morgan fingerprint density at radius 1 is 1.03 bits per heavy atom. The SMILES string of the molecule is CC(C)(c1ccc(C2CC2)cc1)c1csc(NC(=O)NCc2ccc(N3CCCCC3)cc2)n1. The summed E-state index contributed by atoms with van der Waals surface area (Å²) in [4.78, 5) is 19.6. The van der Waals surface area contributed by atoms with Gasteiger partial charge in [-0.2, -0.15) is 0 Å². The van der Waals surface area contributed by atoms with E-state index in [-0.39, 0.29) is 11.4 Å². The first-order valence-electron chi connectivity index (χ1n) is 12.4. The standard InChI is InChI=1S/C28H34N4OS/c1-28(2,23-12-10-22(11-13-23)21-8-9-21)25-19-34-27(30-25)31-26(33)29-18-20-6-14-24(15-7-20)32-16-4-3-5-17-32/h6-7,10-15,19,21H,3-5,8-9,16-18H2,1-2H3,(H2,29,30,31,33). The van der Waals surface area contributed by atoms with Gasteiger partial charge in [0, 0.05) is 36.1 Å². The third-order valence-corrected chi connectivity index (χ3v) is 7.91. The molecule has 0 spiro atoms. The number of carbonyl (C=O) groups excluding carboxylic acids is 1. The molecule has 0 atom stereocenters. The molecule has 178 valence electrons. The molecule has 2 heterocycles. The van der Waals surface area contributed by atoms with Gasteiger partial charge in [-0.3, -0.25) is 5.32 Å². The van der Waals surface area contributed by atoms with E-state index in [9.17, 15) is 4.79 Å². The van der Waals surface area contributed by atoms with Crippen molar-refractivity contribution in [2.75, 3.05) is 23.3 Å². The van der Waals surface area contributed by atoms with Crippen LogP contribution in [0.5, 0.6) is 0 Å². The zero-order valence-electron chi connectivity index (χ0n) is 20.1. The molecule has 0 bridgehead atoms. The number of nitrogens with one attached hydrogen (secondary N) is 2. The van der Waals surface area contributed by atoms with Crippen LogP contribution in [0.2, 0.25) is 0 Å². The smallest absolute Gasteiger partial charge is 0.321 e. The Morgan fingerprint density at radius 3 is 2.41 bits per heavy atom. The zero-order chi connectivity index (χ0) is 23.5. The van der Waals surface area contributed by atoms with E-state index in [0.29, 0.717) is 11.7 Å². The number of benzene rings is 2. The highest BCUT2D eigenvalue weighted by Crippen LogP contribution is 2.41. The highest BCUT2D eigenvalue weighted by molar-refractivity contribution is 7.13. The highest BCUT2D eigenvalue weighted by Gasteiger charge is 2.28. The molecule has 1 saturated carbocycles. The average molecular weight is 475 g/mol. The van der Waals surface area contributed by atoms with E-state index in [1.54, 1.807) is 0 Å². The summed E-state index contributed by atoms with van der Waals surface area (Å²) in [5.74, 6) is 0.762. The van der Waals surface area contributed by atoms with Crippen molar-refractivity contribution >= 4 is 28.2 Å². The number of urea groups is 1. The van der Waals surface area contributed by atoms with Crippen molar-refractivity contribution in [2.24, 2.45) is 0 Å². The number of anilines is 2. The molecule has 34 heavy (non-hydrogen) atoms. The minimum atomic E-state index is -0.229. The fraction of sp³-hybridized carbons (Fsp3) is 0.429. The number of thiazole rings is 1. The average Bonchev–Trinajstić information content (AvgIpc) is 3.62. The largest absolute Gasteiger partial charge is 0.372 e. The molecule has 2 fully saturated rings. The molecule has 1 aromatic heterocycles. The van der Waals surface area contributed by atoms with E-state index < -0.39 is 0 Å². The summed E-state index contributed by atoms with van der Waals surface area (Å²) in [6, 6.07) is 17.3.